The molecule has 0 bridgehead atoms. The lowest BCUT2D eigenvalue weighted by Gasteiger charge is -2.72. The van der Waals surface area contributed by atoms with E-state index in [1.165, 1.54) is 5.57 Å². The number of carbonyl (C=O) groups is 4. The maximum Gasteiger partial charge on any atom is 0.315 e. The molecule has 6 aliphatic rings. The first-order valence-corrected chi connectivity index (χ1v) is 19.7. The molecule has 5 aliphatic carbocycles. The summed E-state index contributed by atoms with van der Waals surface area (Å²) in [5.41, 5.74) is 0.289. The number of nitrogens with one attached hydrogen (secondary N) is 3. The molecule has 0 spiro atoms. The van der Waals surface area contributed by atoms with Crippen LogP contribution in [0.15, 0.2) is 11.1 Å². The molecule has 9 nitrogen and oxygen atoms in total. The minimum absolute atomic E-state index is 0.0186. The topological polar surface area (TPSA) is 134 Å². The van der Waals surface area contributed by atoms with Crippen LogP contribution in [0.1, 0.15) is 139 Å². The molecule has 9 atom stereocenters. The quantitative estimate of drug-likeness (QED) is 0.198. The SMILES string of the molecule is CC(C)C1=C2[C@H]3CC[C@@H]4[C@@]5(C)CC[C@H](OC(=O)CC(C)(C)C(=O)O)C(C)(C)[C@@H]5CC[C@@]4(C)[C@]3(C)CC[C@@]2(NC(=O)NC[C@@H]2CCCN2)CC1=O. The predicted octanol–water partition coefficient (Wildman–Crippen LogP) is 7.18. The number of hydrogen-bond acceptors (Lipinski definition) is 6. The van der Waals surface area contributed by atoms with Gasteiger partial charge in [-0.25, -0.2) is 4.79 Å². The van der Waals surface area contributed by atoms with E-state index in [-0.39, 0.29) is 57.8 Å². The summed E-state index contributed by atoms with van der Waals surface area (Å²) in [6, 6.07) is 0.152. The van der Waals surface area contributed by atoms with Gasteiger partial charge < -0.3 is 25.8 Å². The number of esters is 1. The van der Waals surface area contributed by atoms with Gasteiger partial charge in [-0.3, -0.25) is 14.4 Å². The van der Waals surface area contributed by atoms with Gasteiger partial charge in [0.25, 0.3) is 0 Å². The number of urea groups is 1. The number of carboxylic acid groups (broad SMARTS) is 1. The number of rotatable bonds is 8. The van der Waals surface area contributed by atoms with Gasteiger partial charge in [-0.05, 0) is 136 Å². The first-order chi connectivity index (χ1) is 23.2. The first kappa shape index (κ1) is 37.3. The van der Waals surface area contributed by atoms with Gasteiger partial charge in [-0.15, -0.1) is 0 Å². The summed E-state index contributed by atoms with van der Waals surface area (Å²) >= 11 is 0. The van der Waals surface area contributed by atoms with Crippen LogP contribution in [-0.2, 0) is 19.1 Å². The molecule has 0 aromatic heterocycles. The third kappa shape index (κ3) is 5.74. The zero-order valence-corrected chi connectivity index (χ0v) is 32.4. The molecule has 9 heteroatoms. The number of ether oxygens (including phenoxy) is 1. The summed E-state index contributed by atoms with van der Waals surface area (Å²) in [5, 5.41) is 19.6. The summed E-state index contributed by atoms with van der Waals surface area (Å²) in [6.45, 7) is 21.1. The number of carbonyl (C=O) groups excluding carboxylic acids is 3. The fraction of sp³-hybridized carbons (Fsp3) is 0.854. The van der Waals surface area contributed by atoms with Crippen molar-refractivity contribution in [1.29, 1.82) is 0 Å². The number of hydrogen-bond donors (Lipinski definition) is 4. The molecule has 1 aliphatic heterocycles. The van der Waals surface area contributed by atoms with Gasteiger partial charge >= 0.3 is 18.0 Å². The maximum absolute atomic E-state index is 13.9. The molecule has 0 radical (unpaired) electrons. The standard InChI is InChI=1S/C41H65N3O6/c1-24(2)32-27(45)21-41(44-35(49)43-23-25-11-10-20-42-25)19-18-39(8)26(33(32)41)12-13-29-38(7)16-15-30(50-31(46)22-36(3,4)34(47)48)37(5,6)28(38)14-17-40(29,39)9/h24-26,28-30,42H,10-23H2,1-9H3,(H,47,48)(H2,43,44,49)/t25-,26+,28-,29+,30-,38-,39+,40+,41+/m0/s1. The zero-order valence-electron chi connectivity index (χ0n) is 32.4. The Hall–Kier alpha value is -2.42. The highest BCUT2D eigenvalue weighted by molar-refractivity contribution is 6.02. The molecule has 2 amide bonds. The largest absolute Gasteiger partial charge is 0.481 e. The van der Waals surface area contributed by atoms with E-state index in [2.05, 4.69) is 64.4 Å². The van der Waals surface area contributed by atoms with E-state index in [4.69, 9.17) is 4.74 Å². The Morgan fingerprint density at radius 2 is 1.66 bits per heavy atom. The fourth-order valence-corrected chi connectivity index (χ4v) is 13.0. The second-order valence-electron chi connectivity index (χ2n) is 19.6. The van der Waals surface area contributed by atoms with Gasteiger partial charge in [0, 0.05) is 24.4 Å². The highest BCUT2D eigenvalue weighted by Crippen LogP contribution is 2.76. The lowest BCUT2D eigenvalue weighted by atomic mass is 9.33. The fourth-order valence-electron chi connectivity index (χ4n) is 13.0. The van der Waals surface area contributed by atoms with Crippen LogP contribution in [-0.4, -0.2) is 59.6 Å². The van der Waals surface area contributed by atoms with E-state index >= 15 is 0 Å². The van der Waals surface area contributed by atoms with Crippen LogP contribution in [0, 0.1) is 50.7 Å². The molecule has 4 saturated carbocycles. The number of carboxylic acids is 1. The number of aliphatic carboxylic acids is 1. The van der Waals surface area contributed by atoms with Crippen molar-refractivity contribution in [3.05, 3.63) is 11.1 Å². The van der Waals surface area contributed by atoms with Crippen LogP contribution in [0.5, 0.6) is 0 Å². The van der Waals surface area contributed by atoms with E-state index in [9.17, 15) is 24.3 Å². The lowest BCUT2D eigenvalue weighted by molar-refractivity contribution is -0.232. The van der Waals surface area contributed by atoms with E-state index in [1.807, 2.05) is 0 Å². The third-order valence-electron chi connectivity index (χ3n) is 15.8. The summed E-state index contributed by atoms with van der Waals surface area (Å²) < 4.78 is 6.15. The molecular weight excluding hydrogens is 630 g/mol. The number of allylic oxidation sites excluding steroid dienone is 1. The average Bonchev–Trinajstić information content (AvgIpc) is 3.63. The summed E-state index contributed by atoms with van der Waals surface area (Å²) in [6.07, 6.45) is 9.92. The van der Waals surface area contributed by atoms with Gasteiger partial charge in [-0.1, -0.05) is 48.5 Å². The minimum Gasteiger partial charge on any atom is -0.481 e. The van der Waals surface area contributed by atoms with Gasteiger partial charge in [0.2, 0.25) is 0 Å². The first-order valence-electron chi connectivity index (χ1n) is 19.7. The van der Waals surface area contributed by atoms with Crippen LogP contribution in [0.3, 0.4) is 0 Å². The lowest BCUT2D eigenvalue weighted by Crippen LogP contribution is -2.67. The van der Waals surface area contributed by atoms with Crippen LogP contribution in [0.2, 0.25) is 0 Å². The van der Waals surface area contributed by atoms with Crippen molar-refractivity contribution in [2.24, 2.45) is 50.7 Å². The molecule has 0 aromatic rings. The number of fused-ring (bicyclic) bond motifs is 7. The summed E-state index contributed by atoms with van der Waals surface area (Å²) in [5.74, 6) is -0.00526. The Morgan fingerprint density at radius 3 is 2.30 bits per heavy atom. The van der Waals surface area contributed by atoms with Crippen molar-refractivity contribution in [3.8, 4) is 0 Å². The highest BCUT2D eigenvalue weighted by atomic mass is 16.5. The van der Waals surface area contributed by atoms with Crippen molar-refractivity contribution >= 4 is 23.8 Å². The molecule has 5 fully saturated rings. The predicted molar refractivity (Wildman–Crippen MR) is 193 cm³/mol. The van der Waals surface area contributed by atoms with Gasteiger partial charge in [0.1, 0.15) is 6.10 Å². The van der Waals surface area contributed by atoms with E-state index < -0.39 is 22.9 Å². The third-order valence-corrected chi connectivity index (χ3v) is 15.8. The van der Waals surface area contributed by atoms with Gasteiger partial charge in [0.05, 0.1) is 17.4 Å². The molecule has 1 saturated heterocycles. The molecule has 4 N–H and O–H groups in total. The Labute approximate surface area is 300 Å². The van der Waals surface area contributed by atoms with Crippen molar-refractivity contribution in [2.45, 2.75) is 157 Å². The molecule has 6 rings (SSSR count). The molecule has 50 heavy (non-hydrogen) atoms. The van der Waals surface area contributed by atoms with Crippen molar-refractivity contribution < 1.29 is 29.0 Å². The van der Waals surface area contributed by atoms with Crippen LogP contribution < -0.4 is 16.0 Å². The maximum atomic E-state index is 13.9. The second kappa shape index (κ2) is 12.6. The number of amides is 2. The molecule has 1 heterocycles. The average molecular weight is 696 g/mol. The normalized spacial score (nSPS) is 40.8. The van der Waals surface area contributed by atoms with Crippen molar-refractivity contribution in [1.82, 2.24) is 16.0 Å². The monoisotopic (exact) mass is 695 g/mol. The van der Waals surface area contributed by atoms with Crippen LogP contribution in [0.4, 0.5) is 4.79 Å². The highest BCUT2D eigenvalue weighted by Gasteiger charge is 2.70. The Balaban J connectivity index is 1.26. The minimum atomic E-state index is -1.16. The Morgan fingerprint density at radius 1 is 0.940 bits per heavy atom. The molecule has 0 aromatic carbocycles. The summed E-state index contributed by atoms with van der Waals surface area (Å²) in [7, 11) is 0. The van der Waals surface area contributed by atoms with Crippen LogP contribution in [0.25, 0.3) is 0 Å². The van der Waals surface area contributed by atoms with E-state index in [0.717, 1.165) is 76.3 Å². The van der Waals surface area contributed by atoms with Crippen LogP contribution >= 0.6 is 0 Å². The van der Waals surface area contributed by atoms with Gasteiger partial charge in [0.15, 0.2) is 5.78 Å². The molecular formula is C41H65N3O6. The molecule has 0 unspecified atom stereocenters. The summed E-state index contributed by atoms with van der Waals surface area (Å²) in [4.78, 5) is 52.2. The van der Waals surface area contributed by atoms with Crippen molar-refractivity contribution in [2.75, 3.05) is 13.1 Å². The number of Topliss-reactive ketones (excluding diaryl/α,β-unsaturated/α-hetero) is 1. The Kier molecular flexibility index (Phi) is 9.42. The Bertz CT molecular complexity index is 1440. The molecule has 280 valence electrons. The van der Waals surface area contributed by atoms with Crippen molar-refractivity contribution in [3.63, 3.8) is 0 Å². The van der Waals surface area contributed by atoms with E-state index in [0.29, 0.717) is 30.8 Å². The smallest absolute Gasteiger partial charge is 0.315 e. The zero-order chi connectivity index (χ0) is 36.7. The second-order valence-corrected chi connectivity index (χ2v) is 19.6. The van der Waals surface area contributed by atoms with Gasteiger partial charge in [-0.2, -0.15) is 0 Å². The number of ketones is 1. The van der Waals surface area contributed by atoms with E-state index in [1.54, 1.807) is 13.8 Å².